The van der Waals surface area contributed by atoms with Crippen LogP contribution in [-0.4, -0.2) is 15.9 Å². The third-order valence-corrected chi connectivity index (χ3v) is 4.07. The Morgan fingerprint density at radius 2 is 2.00 bits per heavy atom. The van der Waals surface area contributed by atoms with Gasteiger partial charge < -0.3 is 4.42 Å². The Morgan fingerprint density at radius 3 is 2.59 bits per heavy atom. The van der Waals surface area contributed by atoms with Crippen molar-refractivity contribution in [2.75, 3.05) is 0 Å². The molecule has 0 N–H and O–H groups in total. The summed E-state index contributed by atoms with van der Waals surface area (Å²) in [5, 5.41) is 0.332. The summed E-state index contributed by atoms with van der Waals surface area (Å²) < 4.78 is 31.5. The Kier molecular flexibility index (Phi) is 5.16. The van der Waals surface area contributed by atoms with Crippen LogP contribution in [0.25, 0.3) is 11.3 Å². The number of halogens is 3. The van der Waals surface area contributed by atoms with Gasteiger partial charge in [0.15, 0.2) is 11.7 Å². The first-order chi connectivity index (χ1) is 10.5. The summed E-state index contributed by atoms with van der Waals surface area (Å²) in [6.07, 6.45) is 2.95. The normalized spacial score (nSPS) is 18.1. The number of alkyl halides is 2. The third-order valence-electron chi connectivity index (χ3n) is 3.77. The van der Waals surface area contributed by atoms with E-state index in [-0.39, 0.29) is 24.7 Å². The van der Waals surface area contributed by atoms with E-state index in [2.05, 4.69) is 9.97 Å². The summed E-state index contributed by atoms with van der Waals surface area (Å²) in [5.41, 5.74) is 0.652. The van der Waals surface area contributed by atoms with E-state index in [1.165, 1.54) is 0 Å². The molecule has 2 aromatic heterocycles. The molecule has 0 aliphatic heterocycles. The molecule has 2 heterocycles. The highest BCUT2D eigenvalue weighted by molar-refractivity contribution is 6.31. The fourth-order valence-corrected chi connectivity index (χ4v) is 2.67. The summed E-state index contributed by atoms with van der Waals surface area (Å²) in [5.74, 6) is -1.75. The first-order valence-corrected chi connectivity index (χ1v) is 7.78. The van der Waals surface area contributed by atoms with Gasteiger partial charge in [-0.3, -0.25) is 0 Å². The van der Waals surface area contributed by atoms with Crippen molar-refractivity contribution in [2.24, 2.45) is 5.92 Å². The average Bonchev–Trinajstić information content (AvgIpc) is 2.96. The summed E-state index contributed by atoms with van der Waals surface area (Å²) >= 11 is 5.99. The predicted molar refractivity (Wildman–Crippen MR) is 82.2 cm³/mol. The van der Waals surface area contributed by atoms with E-state index in [1.807, 2.05) is 20.8 Å². The van der Waals surface area contributed by atoms with Gasteiger partial charge in [-0.15, -0.1) is 0 Å². The number of pyridine rings is 1. The summed E-state index contributed by atoms with van der Waals surface area (Å²) in [4.78, 5) is 8.16. The smallest absolute Gasteiger partial charge is 0.248 e. The predicted octanol–water partition coefficient (Wildman–Crippen LogP) is 5.57. The lowest BCUT2D eigenvalue weighted by atomic mass is 9.74. The zero-order chi connectivity index (χ0) is 16.3. The molecule has 1 fully saturated rings. The molecule has 3 rings (SSSR count). The fraction of sp³-hybridized carbons (Fsp3) is 0.500. The second kappa shape index (κ2) is 6.73. The van der Waals surface area contributed by atoms with E-state index in [0.29, 0.717) is 22.4 Å². The van der Waals surface area contributed by atoms with Crippen LogP contribution in [0.2, 0.25) is 5.15 Å². The van der Waals surface area contributed by atoms with Gasteiger partial charge in [-0.1, -0.05) is 32.4 Å². The molecule has 1 aliphatic rings. The topological polar surface area (TPSA) is 38.9 Å². The minimum Gasteiger partial charge on any atom is -0.440 e. The van der Waals surface area contributed by atoms with Gasteiger partial charge in [0, 0.05) is 25.0 Å². The number of rotatable bonds is 3. The number of aromatic nitrogens is 2. The Balaban J connectivity index is 0.000000847. The van der Waals surface area contributed by atoms with Crippen LogP contribution >= 0.6 is 11.6 Å². The van der Waals surface area contributed by atoms with E-state index in [0.717, 1.165) is 0 Å². The lowest BCUT2D eigenvalue weighted by molar-refractivity contribution is -0.117. The van der Waals surface area contributed by atoms with Gasteiger partial charge in [0.2, 0.25) is 5.92 Å². The number of hydrogen-bond donors (Lipinski definition) is 0. The summed E-state index contributed by atoms with van der Waals surface area (Å²) in [6.45, 7) is 5.86. The van der Waals surface area contributed by atoms with Gasteiger partial charge >= 0.3 is 0 Å². The molecule has 22 heavy (non-hydrogen) atoms. The molecule has 0 aromatic carbocycles. The van der Waals surface area contributed by atoms with Crippen LogP contribution in [-0.2, 0) is 0 Å². The van der Waals surface area contributed by atoms with Crippen molar-refractivity contribution < 1.29 is 13.2 Å². The highest BCUT2D eigenvalue weighted by atomic mass is 35.5. The molecule has 1 unspecified atom stereocenters. The van der Waals surface area contributed by atoms with E-state index in [1.54, 1.807) is 24.5 Å². The van der Waals surface area contributed by atoms with Crippen molar-refractivity contribution in [3.8, 4) is 11.3 Å². The monoisotopic (exact) mass is 328 g/mol. The number of nitrogens with zero attached hydrogens (tertiary/aromatic N) is 2. The van der Waals surface area contributed by atoms with E-state index < -0.39 is 5.92 Å². The van der Waals surface area contributed by atoms with Crippen molar-refractivity contribution in [1.29, 1.82) is 0 Å². The summed E-state index contributed by atoms with van der Waals surface area (Å²) in [7, 11) is 0. The van der Waals surface area contributed by atoms with Crippen molar-refractivity contribution in [3.05, 3.63) is 35.6 Å². The van der Waals surface area contributed by atoms with E-state index in [4.69, 9.17) is 16.0 Å². The second-order valence-corrected chi connectivity index (χ2v) is 5.58. The molecule has 3 nitrogen and oxygen atoms in total. The van der Waals surface area contributed by atoms with Crippen molar-refractivity contribution in [3.63, 3.8) is 0 Å². The molecule has 1 saturated carbocycles. The van der Waals surface area contributed by atoms with Crippen molar-refractivity contribution in [2.45, 2.75) is 45.5 Å². The third kappa shape index (κ3) is 3.46. The largest absolute Gasteiger partial charge is 0.440 e. The van der Waals surface area contributed by atoms with E-state index in [9.17, 15) is 8.78 Å². The minimum absolute atomic E-state index is 0.0825. The summed E-state index contributed by atoms with van der Waals surface area (Å²) in [6, 6.07) is 3.53. The Hall–Kier alpha value is -1.49. The molecule has 2 aromatic rings. The maximum absolute atomic E-state index is 12.9. The lowest BCUT2D eigenvalue weighted by Crippen LogP contribution is -2.38. The standard InChI is InChI=1S/C14H13ClF2N2O.C2H6/c1-8(9-5-14(16,17)6-9)13-19-7-11(20-13)10-3-2-4-18-12(10)15;1-2/h2-4,7-9H,5-6H2,1H3;1-2H3. The van der Waals surface area contributed by atoms with Crippen LogP contribution in [0.5, 0.6) is 0 Å². The molecule has 1 aliphatic carbocycles. The Bertz CT molecular complexity index is 622. The minimum atomic E-state index is -2.53. The Morgan fingerprint density at radius 1 is 1.32 bits per heavy atom. The molecule has 1 atom stereocenters. The molecule has 6 heteroatoms. The Labute approximate surface area is 133 Å². The highest BCUT2D eigenvalue weighted by Crippen LogP contribution is 2.49. The average molecular weight is 329 g/mol. The van der Waals surface area contributed by atoms with Gasteiger partial charge in [-0.05, 0) is 18.1 Å². The van der Waals surface area contributed by atoms with Gasteiger partial charge in [-0.25, -0.2) is 18.7 Å². The van der Waals surface area contributed by atoms with Gasteiger partial charge in [-0.2, -0.15) is 0 Å². The van der Waals surface area contributed by atoms with Crippen LogP contribution in [0.1, 0.15) is 45.4 Å². The van der Waals surface area contributed by atoms with Gasteiger partial charge in [0.25, 0.3) is 0 Å². The SMILES string of the molecule is CC.CC(c1ncc(-c2cccnc2Cl)o1)C1CC(F)(F)C1. The molecule has 0 radical (unpaired) electrons. The maximum atomic E-state index is 12.9. The molecule has 120 valence electrons. The molecule has 0 bridgehead atoms. The van der Waals surface area contributed by atoms with Crippen LogP contribution in [0, 0.1) is 5.92 Å². The van der Waals surface area contributed by atoms with Crippen LogP contribution in [0.15, 0.2) is 28.9 Å². The van der Waals surface area contributed by atoms with Gasteiger partial charge in [0.1, 0.15) is 5.15 Å². The highest BCUT2D eigenvalue weighted by Gasteiger charge is 2.48. The van der Waals surface area contributed by atoms with E-state index >= 15 is 0 Å². The van der Waals surface area contributed by atoms with Crippen LogP contribution in [0.4, 0.5) is 8.78 Å². The molecular weight excluding hydrogens is 310 g/mol. The number of hydrogen-bond acceptors (Lipinski definition) is 3. The zero-order valence-corrected chi connectivity index (χ0v) is 13.6. The molecular formula is C16H19ClF2N2O. The second-order valence-electron chi connectivity index (χ2n) is 5.22. The maximum Gasteiger partial charge on any atom is 0.248 e. The quantitative estimate of drug-likeness (QED) is 0.692. The van der Waals surface area contributed by atoms with Crippen molar-refractivity contribution >= 4 is 11.6 Å². The van der Waals surface area contributed by atoms with Gasteiger partial charge in [0.05, 0.1) is 11.8 Å². The zero-order valence-electron chi connectivity index (χ0n) is 12.8. The van der Waals surface area contributed by atoms with Crippen molar-refractivity contribution in [1.82, 2.24) is 9.97 Å². The molecule has 0 amide bonds. The van der Waals surface area contributed by atoms with Crippen LogP contribution in [0.3, 0.4) is 0 Å². The molecule has 0 saturated heterocycles. The van der Waals surface area contributed by atoms with Crippen LogP contribution < -0.4 is 0 Å². The first kappa shape index (κ1) is 16.9. The fourth-order valence-electron chi connectivity index (χ4n) is 2.46. The molecule has 0 spiro atoms. The lowest BCUT2D eigenvalue weighted by Gasteiger charge is -2.37. The first-order valence-electron chi connectivity index (χ1n) is 7.41. The number of oxazole rings is 1.